The Morgan fingerprint density at radius 1 is 1.00 bits per heavy atom. The first-order valence-electron chi connectivity index (χ1n) is 5.87. The lowest BCUT2D eigenvalue weighted by Gasteiger charge is -2.08. The van der Waals surface area contributed by atoms with E-state index in [0.717, 1.165) is 11.4 Å². The zero-order valence-corrected chi connectivity index (χ0v) is 11.1. The van der Waals surface area contributed by atoms with E-state index in [1.54, 1.807) is 7.05 Å². The lowest BCUT2D eigenvalue weighted by molar-refractivity contribution is 0.461. The average Bonchev–Trinajstić information content (AvgIpc) is 2.33. The second-order valence-corrected chi connectivity index (χ2v) is 4.27. The Hall–Kier alpha value is -2.10. The van der Waals surface area contributed by atoms with Crippen molar-refractivity contribution >= 4 is 5.95 Å². The SMILES string of the molecule is CNc1nc(C)cc(Oc2ccc(C)c(C)c2)n1. The summed E-state index contributed by atoms with van der Waals surface area (Å²) < 4.78 is 5.75. The molecule has 0 bridgehead atoms. The summed E-state index contributed by atoms with van der Waals surface area (Å²) in [4.78, 5) is 8.48. The van der Waals surface area contributed by atoms with Gasteiger partial charge in [0.1, 0.15) is 5.75 Å². The molecule has 2 aromatic rings. The Morgan fingerprint density at radius 3 is 2.44 bits per heavy atom. The molecular formula is C14H17N3O. The number of aryl methyl sites for hydroxylation is 3. The van der Waals surface area contributed by atoms with E-state index in [0.29, 0.717) is 11.8 Å². The molecule has 0 aliphatic rings. The molecule has 2 rings (SSSR count). The molecule has 0 spiro atoms. The molecule has 0 aliphatic carbocycles. The van der Waals surface area contributed by atoms with Crippen molar-refractivity contribution in [2.45, 2.75) is 20.8 Å². The van der Waals surface area contributed by atoms with Gasteiger partial charge in [-0.15, -0.1) is 0 Å². The fourth-order valence-electron chi connectivity index (χ4n) is 1.60. The number of nitrogens with one attached hydrogen (secondary N) is 1. The molecule has 94 valence electrons. The fraction of sp³-hybridized carbons (Fsp3) is 0.286. The van der Waals surface area contributed by atoms with Crippen LogP contribution in [0.4, 0.5) is 5.95 Å². The lowest BCUT2D eigenvalue weighted by atomic mass is 10.1. The van der Waals surface area contributed by atoms with Crippen LogP contribution in [0.3, 0.4) is 0 Å². The minimum Gasteiger partial charge on any atom is -0.439 e. The van der Waals surface area contributed by atoms with Crippen molar-refractivity contribution in [2.24, 2.45) is 0 Å². The Morgan fingerprint density at radius 2 is 1.78 bits per heavy atom. The van der Waals surface area contributed by atoms with Gasteiger partial charge in [-0.1, -0.05) is 6.07 Å². The normalized spacial score (nSPS) is 10.2. The predicted molar refractivity (Wildman–Crippen MR) is 72.3 cm³/mol. The third-order valence-electron chi connectivity index (χ3n) is 2.76. The summed E-state index contributed by atoms with van der Waals surface area (Å²) in [5.74, 6) is 1.90. The van der Waals surface area contributed by atoms with Crippen LogP contribution in [0.25, 0.3) is 0 Å². The van der Waals surface area contributed by atoms with Crippen molar-refractivity contribution in [1.82, 2.24) is 9.97 Å². The van der Waals surface area contributed by atoms with E-state index in [1.807, 2.05) is 31.2 Å². The maximum atomic E-state index is 5.75. The number of aromatic nitrogens is 2. The molecule has 1 aromatic carbocycles. The van der Waals surface area contributed by atoms with Crippen LogP contribution in [-0.2, 0) is 0 Å². The van der Waals surface area contributed by atoms with Crippen LogP contribution in [0.2, 0.25) is 0 Å². The van der Waals surface area contributed by atoms with Crippen molar-refractivity contribution in [3.05, 3.63) is 41.1 Å². The predicted octanol–water partition coefficient (Wildman–Crippen LogP) is 3.24. The van der Waals surface area contributed by atoms with E-state index >= 15 is 0 Å². The lowest BCUT2D eigenvalue weighted by Crippen LogP contribution is -1.99. The molecule has 4 heteroatoms. The van der Waals surface area contributed by atoms with E-state index < -0.39 is 0 Å². The Bertz CT molecular complexity index is 567. The Kier molecular flexibility index (Phi) is 3.46. The number of anilines is 1. The van der Waals surface area contributed by atoms with Crippen molar-refractivity contribution in [1.29, 1.82) is 0 Å². The third-order valence-corrected chi connectivity index (χ3v) is 2.76. The molecule has 0 amide bonds. The van der Waals surface area contributed by atoms with E-state index in [9.17, 15) is 0 Å². The Balaban J connectivity index is 2.27. The van der Waals surface area contributed by atoms with Gasteiger partial charge in [-0.2, -0.15) is 4.98 Å². The van der Waals surface area contributed by atoms with Crippen LogP contribution in [0, 0.1) is 20.8 Å². The van der Waals surface area contributed by atoms with E-state index in [2.05, 4.69) is 29.1 Å². The second kappa shape index (κ2) is 5.04. The standard InChI is InChI=1S/C14H17N3O/c1-9-5-6-12(7-10(9)2)18-13-8-11(3)16-14(15-4)17-13/h5-8H,1-4H3,(H,15,16,17). The molecule has 0 atom stereocenters. The quantitative estimate of drug-likeness (QED) is 0.899. The highest BCUT2D eigenvalue weighted by Gasteiger charge is 2.04. The summed E-state index contributed by atoms with van der Waals surface area (Å²) in [7, 11) is 1.79. The van der Waals surface area contributed by atoms with Crippen LogP contribution in [0.15, 0.2) is 24.3 Å². The van der Waals surface area contributed by atoms with Gasteiger partial charge in [-0.05, 0) is 44.0 Å². The highest BCUT2D eigenvalue weighted by Crippen LogP contribution is 2.23. The molecule has 18 heavy (non-hydrogen) atoms. The number of ether oxygens (including phenoxy) is 1. The highest BCUT2D eigenvalue weighted by atomic mass is 16.5. The van der Waals surface area contributed by atoms with Gasteiger partial charge in [0.05, 0.1) is 0 Å². The van der Waals surface area contributed by atoms with Gasteiger partial charge in [0.15, 0.2) is 0 Å². The summed E-state index contributed by atoms with van der Waals surface area (Å²) in [5.41, 5.74) is 3.32. The zero-order chi connectivity index (χ0) is 13.1. The summed E-state index contributed by atoms with van der Waals surface area (Å²) in [6.07, 6.45) is 0. The van der Waals surface area contributed by atoms with Crippen molar-refractivity contribution in [3.63, 3.8) is 0 Å². The van der Waals surface area contributed by atoms with Gasteiger partial charge in [0, 0.05) is 18.8 Å². The summed E-state index contributed by atoms with van der Waals surface area (Å²) >= 11 is 0. The van der Waals surface area contributed by atoms with Crippen LogP contribution in [-0.4, -0.2) is 17.0 Å². The van der Waals surface area contributed by atoms with Crippen LogP contribution in [0.5, 0.6) is 11.6 Å². The maximum Gasteiger partial charge on any atom is 0.225 e. The highest BCUT2D eigenvalue weighted by molar-refractivity contribution is 5.37. The Labute approximate surface area is 107 Å². The maximum absolute atomic E-state index is 5.75. The van der Waals surface area contributed by atoms with Gasteiger partial charge >= 0.3 is 0 Å². The van der Waals surface area contributed by atoms with Crippen molar-refractivity contribution in [3.8, 4) is 11.6 Å². The number of hydrogen-bond donors (Lipinski definition) is 1. The molecule has 1 aromatic heterocycles. The first-order valence-corrected chi connectivity index (χ1v) is 5.87. The molecule has 4 nitrogen and oxygen atoms in total. The summed E-state index contributed by atoms with van der Waals surface area (Å²) in [6.45, 7) is 6.05. The monoisotopic (exact) mass is 243 g/mol. The smallest absolute Gasteiger partial charge is 0.225 e. The second-order valence-electron chi connectivity index (χ2n) is 4.27. The number of rotatable bonds is 3. The molecule has 0 aliphatic heterocycles. The summed E-state index contributed by atoms with van der Waals surface area (Å²) in [5, 5.41) is 2.91. The number of hydrogen-bond acceptors (Lipinski definition) is 4. The van der Waals surface area contributed by atoms with Gasteiger partial charge in [-0.3, -0.25) is 0 Å². The van der Waals surface area contributed by atoms with Gasteiger partial charge < -0.3 is 10.1 Å². The van der Waals surface area contributed by atoms with Crippen LogP contribution >= 0.6 is 0 Å². The third kappa shape index (κ3) is 2.77. The van der Waals surface area contributed by atoms with Gasteiger partial charge in [0.25, 0.3) is 0 Å². The van der Waals surface area contributed by atoms with Gasteiger partial charge in [0.2, 0.25) is 11.8 Å². The minimum atomic E-state index is 0.551. The molecule has 0 saturated heterocycles. The molecule has 1 N–H and O–H groups in total. The van der Waals surface area contributed by atoms with E-state index in [1.165, 1.54) is 11.1 Å². The molecule has 0 saturated carbocycles. The largest absolute Gasteiger partial charge is 0.439 e. The topological polar surface area (TPSA) is 47.0 Å². The van der Waals surface area contributed by atoms with Crippen molar-refractivity contribution < 1.29 is 4.74 Å². The first-order chi connectivity index (χ1) is 8.58. The molecular weight excluding hydrogens is 226 g/mol. The molecule has 0 unspecified atom stereocenters. The average molecular weight is 243 g/mol. The molecule has 0 fully saturated rings. The minimum absolute atomic E-state index is 0.551. The van der Waals surface area contributed by atoms with E-state index in [4.69, 9.17) is 4.74 Å². The van der Waals surface area contributed by atoms with Gasteiger partial charge in [-0.25, -0.2) is 4.98 Å². The zero-order valence-electron chi connectivity index (χ0n) is 11.1. The molecule has 0 radical (unpaired) electrons. The van der Waals surface area contributed by atoms with Crippen LogP contribution in [0.1, 0.15) is 16.8 Å². The number of nitrogens with zero attached hydrogens (tertiary/aromatic N) is 2. The summed E-state index contributed by atoms with van der Waals surface area (Å²) in [6, 6.07) is 7.80. The molecule has 1 heterocycles. The van der Waals surface area contributed by atoms with Crippen LogP contribution < -0.4 is 10.1 Å². The van der Waals surface area contributed by atoms with Crippen molar-refractivity contribution in [2.75, 3.05) is 12.4 Å². The van der Waals surface area contributed by atoms with E-state index in [-0.39, 0.29) is 0 Å². The number of benzene rings is 1. The first kappa shape index (κ1) is 12.4. The fourth-order valence-corrected chi connectivity index (χ4v) is 1.60.